The third-order valence-electron chi connectivity index (χ3n) is 1.84. The van der Waals surface area contributed by atoms with Gasteiger partial charge in [0.15, 0.2) is 5.78 Å². The first-order valence-corrected chi connectivity index (χ1v) is 5.03. The standard InChI is InChI=1S/C10H11NOS/c1-3-8-4-5-9(13-8)10(12)7(2)6-11/h4-5,7H,3H2,1-2H3. The van der Waals surface area contributed by atoms with Gasteiger partial charge in [0.05, 0.1) is 10.9 Å². The molecule has 1 aromatic heterocycles. The Kier molecular flexibility index (Phi) is 3.21. The molecule has 3 heteroatoms. The summed E-state index contributed by atoms with van der Waals surface area (Å²) in [5, 5.41) is 8.56. The number of thiophene rings is 1. The highest BCUT2D eigenvalue weighted by atomic mass is 32.1. The van der Waals surface area contributed by atoms with E-state index in [1.165, 1.54) is 16.2 Å². The van der Waals surface area contributed by atoms with Crippen LogP contribution in [0.5, 0.6) is 0 Å². The number of hydrogen-bond donors (Lipinski definition) is 0. The predicted octanol–water partition coefficient (Wildman–Crippen LogP) is 2.65. The third kappa shape index (κ3) is 2.16. The van der Waals surface area contributed by atoms with Gasteiger partial charge in [-0.1, -0.05) is 6.92 Å². The van der Waals surface area contributed by atoms with Crippen molar-refractivity contribution in [1.82, 2.24) is 0 Å². The fourth-order valence-corrected chi connectivity index (χ4v) is 1.95. The minimum atomic E-state index is -0.525. The number of hydrogen-bond acceptors (Lipinski definition) is 3. The van der Waals surface area contributed by atoms with E-state index in [4.69, 9.17) is 5.26 Å². The Bertz CT molecular complexity index is 348. The third-order valence-corrected chi connectivity index (χ3v) is 3.08. The molecule has 0 bridgehead atoms. The van der Waals surface area contributed by atoms with Gasteiger partial charge in [-0.3, -0.25) is 4.79 Å². The number of carbonyl (C=O) groups is 1. The van der Waals surface area contributed by atoms with E-state index in [1.54, 1.807) is 13.0 Å². The summed E-state index contributed by atoms with van der Waals surface area (Å²) in [6.45, 7) is 3.68. The lowest BCUT2D eigenvalue weighted by Gasteiger charge is -1.96. The van der Waals surface area contributed by atoms with E-state index in [0.29, 0.717) is 4.88 Å². The molecular weight excluding hydrogens is 182 g/mol. The van der Waals surface area contributed by atoms with Crippen molar-refractivity contribution in [3.05, 3.63) is 21.9 Å². The molecule has 0 N–H and O–H groups in total. The van der Waals surface area contributed by atoms with Gasteiger partial charge >= 0.3 is 0 Å². The van der Waals surface area contributed by atoms with Gasteiger partial charge in [0, 0.05) is 4.88 Å². The minimum absolute atomic E-state index is 0.0628. The maximum atomic E-state index is 11.5. The molecule has 0 radical (unpaired) electrons. The van der Waals surface area contributed by atoms with E-state index in [0.717, 1.165) is 6.42 Å². The molecule has 13 heavy (non-hydrogen) atoms. The predicted molar refractivity (Wildman–Crippen MR) is 52.8 cm³/mol. The molecule has 1 atom stereocenters. The summed E-state index contributed by atoms with van der Waals surface area (Å²) in [7, 11) is 0. The number of aryl methyl sites for hydroxylation is 1. The van der Waals surface area contributed by atoms with E-state index >= 15 is 0 Å². The zero-order valence-corrected chi connectivity index (χ0v) is 8.52. The highest BCUT2D eigenvalue weighted by Crippen LogP contribution is 2.19. The molecular formula is C10H11NOS. The minimum Gasteiger partial charge on any atom is -0.292 e. The van der Waals surface area contributed by atoms with Crippen LogP contribution in [0.2, 0.25) is 0 Å². The average molecular weight is 193 g/mol. The highest BCUT2D eigenvalue weighted by molar-refractivity contribution is 7.14. The summed E-state index contributed by atoms with van der Waals surface area (Å²) < 4.78 is 0. The van der Waals surface area contributed by atoms with Gasteiger partial charge in [0.25, 0.3) is 0 Å². The SMILES string of the molecule is CCc1ccc(C(=O)C(C)C#N)s1. The van der Waals surface area contributed by atoms with Gasteiger partial charge in [-0.15, -0.1) is 11.3 Å². The summed E-state index contributed by atoms with van der Waals surface area (Å²) in [5.74, 6) is -0.587. The van der Waals surface area contributed by atoms with Crippen molar-refractivity contribution in [2.45, 2.75) is 20.3 Å². The van der Waals surface area contributed by atoms with Crippen molar-refractivity contribution in [2.24, 2.45) is 5.92 Å². The van der Waals surface area contributed by atoms with Crippen molar-refractivity contribution < 1.29 is 4.79 Å². The van der Waals surface area contributed by atoms with Crippen molar-refractivity contribution in [1.29, 1.82) is 5.26 Å². The first kappa shape index (κ1) is 9.94. The van der Waals surface area contributed by atoms with Crippen LogP contribution in [-0.2, 0) is 6.42 Å². The summed E-state index contributed by atoms with van der Waals surface area (Å²) in [6, 6.07) is 5.70. The Balaban J connectivity index is 2.84. The normalized spacial score (nSPS) is 12.1. The van der Waals surface area contributed by atoms with E-state index in [1.807, 2.05) is 19.1 Å². The largest absolute Gasteiger partial charge is 0.292 e. The fourth-order valence-electron chi connectivity index (χ4n) is 0.972. The van der Waals surface area contributed by atoms with Crippen LogP contribution < -0.4 is 0 Å². The molecule has 0 saturated heterocycles. The molecule has 1 aromatic rings. The summed E-state index contributed by atoms with van der Waals surface area (Å²) in [6.07, 6.45) is 0.943. The number of Topliss-reactive ketones (excluding diaryl/α,β-unsaturated/α-hetero) is 1. The van der Waals surface area contributed by atoms with E-state index in [2.05, 4.69) is 0 Å². The van der Waals surface area contributed by atoms with Crippen LogP contribution in [0, 0.1) is 17.2 Å². The second-order valence-electron chi connectivity index (χ2n) is 2.83. The van der Waals surface area contributed by atoms with Gasteiger partial charge in [0.2, 0.25) is 0 Å². The molecule has 0 amide bonds. The Morgan fingerprint density at radius 2 is 2.38 bits per heavy atom. The Morgan fingerprint density at radius 3 is 2.85 bits per heavy atom. The molecule has 0 aromatic carbocycles. The highest BCUT2D eigenvalue weighted by Gasteiger charge is 2.15. The van der Waals surface area contributed by atoms with Gasteiger partial charge in [-0.2, -0.15) is 5.26 Å². The van der Waals surface area contributed by atoms with Crippen LogP contribution in [0.15, 0.2) is 12.1 Å². The molecule has 0 saturated carbocycles. The average Bonchev–Trinajstić information content (AvgIpc) is 2.63. The molecule has 1 heterocycles. The number of nitrogens with zero attached hydrogens (tertiary/aromatic N) is 1. The van der Waals surface area contributed by atoms with Crippen molar-refractivity contribution in [3.8, 4) is 6.07 Å². The van der Waals surface area contributed by atoms with Gasteiger partial charge in [-0.25, -0.2) is 0 Å². The van der Waals surface area contributed by atoms with Crippen LogP contribution in [0.1, 0.15) is 28.4 Å². The topological polar surface area (TPSA) is 40.9 Å². The molecule has 0 aliphatic carbocycles. The van der Waals surface area contributed by atoms with Crippen LogP contribution in [-0.4, -0.2) is 5.78 Å². The molecule has 1 rings (SSSR count). The summed E-state index contributed by atoms with van der Waals surface area (Å²) >= 11 is 1.48. The molecule has 0 aliphatic rings. The Hall–Kier alpha value is -1.14. The second kappa shape index (κ2) is 4.20. The molecule has 68 valence electrons. The number of nitriles is 1. The Labute approximate surface area is 81.8 Å². The lowest BCUT2D eigenvalue weighted by Crippen LogP contribution is -2.06. The quantitative estimate of drug-likeness (QED) is 0.692. The lowest BCUT2D eigenvalue weighted by atomic mass is 10.1. The maximum Gasteiger partial charge on any atom is 0.189 e. The van der Waals surface area contributed by atoms with Crippen molar-refractivity contribution in [2.75, 3.05) is 0 Å². The summed E-state index contributed by atoms with van der Waals surface area (Å²) in [4.78, 5) is 13.4. The van der Waals surface area contributed by atoms with E-state index in [9.17, 15) is 4.79 Å². The smallest absolute Gasteiger partial charge is 0.189 e. The van der Waals surface area contributed by atoms with Crippen LogP contribution in [0.3, 0.4) is 0 Å². The summed E-state index contributed by atoms with van der Waals surface area (Å²) in [5.41, 5.74) is 0. The van der Waals surface area contributed by atoms with E-state index in [-0.39, 0.29) is 5.78 Å². The van der Waals surface area contributed by atoms with E-state index < -0.39 is 5.92 Å². The number of ketones is 1. The van der Waals surface area contributed by atoms with Gasteiger partial charge in [-0.05, 0) is 25.5 Å². The van der Waals surface area contributed by atoms with Gasteiger partial charge < -0.3 is 0 Å². The van der Waals surface area contributed by atoms with Gasteiger partial charge in [0.1, 0.15) is 5.92 Å². The number of rotatable bonds is 3. The second-order valence-corrected chi connectivity index (χ2v) is 4.00. The zero-order chi connectivity index (χ0) is 9.84. The molecule has 2 nitrogen and oxygen atoms in total. The van der Waals surface area contributed by atoms with Crippen molar-refractivity contribution in [3.63, 3.8) is 0 Å². The maximum absolute atomic E-state index is 11.5. The molecule has 0 aliphatic heterocycles. The fraction of sp³-hybridized carbons (Fsp3) is 0.400. The molecule has 1 unspecified atom stereocenters. The van der Waals surface area contributed by atoms with Crippen LogP contribution in [0.25, 0.3) is 0 Å². The van der Waals surface area contributed by atoms with Crippen LogP contribution >= 0.6 is 11.3 Å². The zero-order valence-electron chi connectivity index (χ0n) is 7.70. The van der Waals surface area contributed by atoms with Crippen molar-refractivity contribution >= 4 is 17.1 Å². The lowest BCUT2D eigenvalue weighted by molar-refractivity contribution is 0.0960. The van der Waals surface area contributed by atoms with Crippen LogP contribution in [0.4, 0.5) is 0 Å². The molecule has 0 spiro atoms. The Morgan fingerprint density at radius 1 is 1.69 bits per heavy atom. The first-order valence-electron chi connectivity index (χ1n) is 4.21. The monoisotopic (exact) mass is 193 g/mol. The number of carbonyl (C=O) groups excluding carboxylic acids is 1. The first-order chi connectivity index (χ1) is 6.19. The molecule has 0 fully saturated rings.